The fourth-order valence-electron chi connectivity index (χ4n) is 2.62. The number of rotatable bonds is 5. The van der Waals surface area contributed by atoms with Crippen molar-refractivity contribution in [3.05, 3.63) is 77.9 Å². The predicted octanol–water partition coefficient (Wildman–Crippen LogP) is 3.45. The minimum atomic E-state index is -3.52. The summed E-state index contributed by atoms with van der Waals surface area (Å²) in [5, 5.41) is 2.12. The summed E-state index contributed by atoms with van der Waals surface area (Å²) < 4.78 is 30.6. The van der Waals surface area contributed by atoms with Crippen LogP contribution in [0.5, 0.6) is 0 Å². The summed E-state index contributed by atoms with van der Waals surface area (Å²) in [5.74, 6) is -0.494. The largest absolute Gasteiger partial charge is 0.457 e. The van der Waals surface area contributed by atoms with Gasteiger partial charge in [-0.25, -0.2) is 17.5 Å². The van der Waals surface area contributed by atoms with E-state index in [1.807, 2.05) is 42.5 Å². The Hall–Kier alpha value is -2.70. The summed E-state index contributed by atoms with van der Waals surface area (Å²) >= 11 is 0. The smallest absolute Gasteiger partial charge is 0.338 e. The molecule has 0 atom stereocenters. The summed E-state index contributed by atoms with van der Waals surface area (Å²) in [6.07, 6.45) is 0. The van der Waals surface area contributed by atoms with Gasteiger partial charge in [-0.05, 0) is 40.6 Å². The molecule has 6 heteroatoms. The Morgan fingerprint density at radius 1 is 0.923 bits per heavy atom. The first-order valence-electron chi connectivity index (χ1n) is 8.06. The fraction of sp³-hybridized carbons (Fsp3) is 0.150. The molecule has 0 spiro atoms. The molecule has 3 rings (SSSR count). The lowest BCUT2D eigenvalue weighted by Crippen LogP contribution is -2.22. The Labute approximate surface area is 152 Å². The number of ether oxygens (including phenoxy) is 1. The standard InChI is InChI=1S/C20H19NO4S/c1-21(2)26(23,24)18-12-10-16(11-13-18)20(22)25-14-17-8-5-7-15-6-3-4-9-19(15)17/h3-13H,14H2,1-2H3. The first kappa shape index (κ1) is 18.1. The molecule has 0 aromatic heterocycles. The van der Waals surface area contributed by atoms with Crippen molar-refractivity contribution in [2.24, 2.45) is 0 Å². The summed E-state index contributed by atoms with van der Waals surface area (Å²) in [7, 11) is -0.598. The second-order valence-electron chi connectivity index (χ2n) is 6.03. The maximum absolute atomic E-state index is 12.3. The van der Waals surface area contributed by atoms with Crippen molar-refractivity contribution in [3.8, 4) is 0 Å². The Kier molecular flexibility index (Phi) is 5.06. The summed E-state index contributed by atoms with van der Waals surface area (Å²) in [4.78, 5) is 12.4. The molecule has 0 saturated carbocycles. The van der Waals surface area contributed by atoms with E-state index >= 15 is 0 Å². The zero-order valence-electron chi connectivity index (χ0n) is 14.5. The minimum Gasteiger partial charge on any atom is -0.457 e. The first-order valence-corrected chi connectivity index (χ1v) is 9.50. The second-order valence-corrected chi connectivity index (χ2v) is 8.18. The van der Waals surface area contributed by atoms with Crippen molar-refractivity contribution in [2.75, 3.05) is 14.1 Å². The maximum Gasteiger partial charge on any atom is 0.338 e. The van der Waals surface area contributed by atoms with Gasteiger partial charge in [0.2, 0.25) is 10.0 Å². The number of carbonyl (C=O) groups is 1. The molecule has 0 radical (unpaired) electrons. The van der Waals surface area contributed by atoms with Crippen molar-refractivity contribution in [3.63, 3.8) is 0 Å². The molecule has 0 bridgehead atoms. The van der Waals surface area contributed by atoms with Gasteiger partial charge >= 0.3 is 5.97 Å². The quantitative estimate of drug-likeness (QED) is 0.646. The van der Waals surface area contributed by atoms with Crippen molar-refractivity contribution in [2.45, 2.75) is 11.5 Å². The van der Waals surface area contributed by atoms with Gasteiger partial charge in [-0.1, -0.05) is 42.5 Å². The molecule has 0 unspecified atom stereocenters. The predicted molar refractivity (Wildman–Crippen MR) is 100 cm³/mol. The van der Waals surface area contributed by atoms with Gasteiger partial charge in [-0.3, -0.25) is 0 Å². The van der Waals surface area contributed by atoms with Gasteiger partial charge in [0.1, 0.15) is 6.61 Å². The number of sulfonamides is 1. The van der Waals surface area contributed by atoms with E-state index in [9.17, 15) is 13.2 Å². The van der Waals surface area contributed by atoms with Crippen LogP contribution in [0.15, 0.2) is 71.6 Å². The van der Waals surface area contributed by atoms with E-state index in [0.717, 1.165) is 20.6 Å². The van der Waals surface area contributed by atoms with E-state index in [2.05, 4.69) is 0 Å². The van der Waals surface area contributed by atoms with Crippen LogP contribution in [0.2, 0.25) is 0 Å². The molecule has 0 saturated heterocycles. The minimum absolute atomic E-state index is 0.133. The van der Waals surface area contributed by atoms with Gasteiger partial charge in [0.05, 0.1) is 10.5 Å². The molecule has 3 aromatic carbocycles. The summed E-state index contributed by atoms with van der Waals surface area (Å²) in [6.45, 7) is 0.151. The molecule has 0 aliphatic heterocycles. The average molecular weight is 369 g/mol. The molecule has 0 N–H and O–H groups in total. The van der Waals surface area contributed by atoms with Crippen LogP contribution < -0.4 is 0 Å². The number of hydrogen-bond acceptors (Lipinski definition) is 4. The van der Waals surface area contributed by atoms with Crippen LogP contribution in [-0.2, 0) is 21.4 Å². The third-order valence-electron chi connectivity index (χ3n) is 4.11. The maximum atomic E-state index is 12.3. The molecule has 0 heterocycles. The lowest BCUT2D eigenvalue weighted by atomic mass is 10.1. The van der Waals surface area contributed by atoms with E-state index in [0.29, 0.717) is 5.56 Å². The van der Waals surface area contributed by atoms with E-state index in [1.54, 1.807) is 0 Å². The molecule has 0 fully saturated rings. The monoisotopic (exact) mass is 369 g/mol. The lowest BCUT2D eigenvalue weighted by molar-refractivity contribution is 0.0474. The van der Waals surface area contributed by atoms with Gasteiger partial charge < -0.3 is 4.74 Å². The molecule has 0 aliphatic rings. The highest BCUT2D eigenvalue weighted by atomic mass is 32.2. The molecular weight excluding hydrogens is 350 g/mol. The van der Waals surface area contributed by atoms with Gasteiger partial charge in [-0.15, -0.1) is 0 Å². The molecule has 134 valence electrons. The van der Waals surface area contributed by atoms with Crippen LogP contribution in [0.4, 0.5) is 0 Å². The van der Waals surface area contributed by atoms with Crippen LogP contribution in [0.3, 0.4) is 0 Å². The third kappa shape index (κ3) is 3.61. The Morgan fingerprint density at radius 3 is 2.27 bits per heavy atom. The number of nitrogens with zero attached hydrogens (tertiary/aromatic N) is 1. The van der Waals surface area contributed by atoms with Gasteiger partial charge in [0, 0.05) is 14.1 Å². The number of carbonyl (C=O) groups excluding carboxylic acids is 1. The van der Waals surface area contributed by atoms with Crippen LogP contribution >= 0.6 is 0 Å². The molecule has 5 nitrogen and oxygen atoms in total. The van der Waals surface area contributed by atoms with Crippen molar-refractivity contribution in [1.29, 1.82) is 0 Å². The highest BCUT2D eigenvalue weighted by molar-refractivity contribution is 7.89. The van der Waals surface area contributed by atoms with Crippen molar-refractivity contribution >= 4 is 26.8 Å². The highest BCUT2D eigenvalue weighted by Gasteiger charge is 2.18. The van der Waals surface area contributed by atoms with Crippen LogP contribution in [0.25, 0.3) is 10.8 Å². The van der Waals surface area contributed by atoms with Gasteiger partial charge in [-0.2, -0.15) is 0 Å². The topological polar surface area (TPSA) is 63.7 Å². The van der Waals surface area contributed by atoms with Crippen LogP contribution in [0, 0.1) is 0 Å². The van der Waals surface area contributed by atoms with Gasteiger partial charge in [0.15, 0.2) is 0 Å². The summed E-state index contributed by atoms with van der Waals surface area (Å²) in [5.41, 5.74) is 1.23. The Morgan fingerprint density at radius 2 is 1.58 bits per heavy atom. The lowest BCUT2D eigenvalue weighted by Gasteiger charge is -2.12. The molecular formula is C20H19NO4S. The van der Waals surface area contributed by atoms with E-state index in [1.165, 1.54) is 38.4 Å². The van der Waals surface area contributed by atoms with Crippen molar-refractivity contribution < 1.29 is 17.9 Å². The van der Waals surface area contributed by atoms with Crippen molar-refractivity contribution in [1.82, 2.24) is 4.31 Å². The average Bonchev–Trinajstić information content (AvgIpc) is 2.66. The SMILES string of the molecule is CN(C)S(=O)(=O)c1ccc(C(=O)OCc2cccc3ccccc23)cc1. The molecule has 26 heavy (non-hydrogen) atoms. The Bertz CT molecular complexity index is 1040. The summed E-state index contributed by atoms with van der Waals surface area (Å²) in [6, 6.07) is 19.5. The first-order chi connectivity index (χ1) is 12.4. The van der Waals surface area contributed by atoms with E-state index in [-0.39, 0.29) is 11.5 Å². The number of hydrogen-bond donors (Lipinski definition) is 0. The van der Waals surface area contributed by atoms with E-state index in [4.69, 9.17) is 4.74 Å². The molecule has 3 aromatic rings. The Balaban J connectivity index is 1.74. The van der Waals surface area contributed by atoms with Crippen LogP contribution in [0.1, 0.15) is 15.9 Å². The fourth-order valence-corrected chi connectivity index (χ4v) is 3.52. The second kappa shape index (κ2) is 7.27. The van der Waals surface area contributed by atoms with E-state index < -0.39 is 16.0 Å². The number of fused-ring (bicyclic) bond motifs is 1. The molecule has 0 aliphatic carbocycles. The zero-order valence-corrected chi connectivity index (χ0v) is 15.4. The zero-order chi connectivity index (χ0) is 18.7. The molecule has 0 amide bonds. The highest BCUT2D eigenvalue weighted by Crippen LogP contribution is 2.20. The van der Waals surface area contributed by atoms with Gasteiger partial charge in [0.25, 0.3) is 0 Å². The number of esters is 1. The third-order valence-corrected chi connectivity index (χ3v) is 5.94. The number of benzene rings is 3. The van der Waals surface area contributed by atoms with Crippen LogP contribution in [-0.4, -0.2) is 32.8 Å². The normalized spacial score (nSPS) is 11.7.